The van der Waals surface area contributed by atoms with Crippen LogP contribution >= 0.6 is 0 Å². The number of hydrogen-bond acceptors (Lipinski definition) is 6. The monoisotopic (exact) mass is 305 g/mol. The molecule has 0 spiro atoms. The molecule has 0 aliphatic heterocycles. The van der Waals surface area contributed by atoms with Crippen LogP contribution in [0.25, 0.3) is 22.8 Å². The van der Waals surface area contributed by atoms with Gasteiger partial charge in [-0.15, -0.1) is 0 Å². The number of oxazole rings is 1. The van der Waals surface area contributed by atoms with E-state index in [9.17, 15) is 0 Å². The van der Waals surface area contributed by atoms with Crippen LogP contribution in [0.3, 0.4) is 0 Å². The maximum absolute atomic E-state index is 6.70. The Hall–Kier alpha value is -3.73. The molecule has 0 aliphatic rings. The second-order valence-corrected chi connectivity index (χ2v) is 4.52. The molecule has 2 aromatic carbocycles. The van der Waals surface area contributed by atoms with Gasteiger partial charge in [-0.05, 0) is 48.5 Å². The highest BCUT2D eigenvalue weighted by molar-refractivity contribution is 5.63. The molecule has 0 atom stereocenters. The molecular weight excluding hydrogens is 294 g/mol. The molecule has 8 heteroatoms. The summed E-state index contributed by atoms with van der Waals surface area (Å²) >= 11 is 0. The Bertz CT molecular complexity index is 839. The average Bonchev–Trinajstić information content (AvgIpc) is 3.07. The van der Waals surface area contributed by atoms with Gasteiger partial charge in [-0.3, -0.25) is 0 Å². The molecule has 2 N–H and O–H groups in total. The number of nitrogens with one attached hydrogen (secondary N) is 2. The van der Waals surface area contributed by atoms with E-state index in [2.05, 4.69) is 25.0 Å². The Labute approximate surface area is 130 Å². The molecule has 1 aromatic heterocycles. The maximum atomic E-state index is 6.70. The lowest BCUT2D eigenvalue weighted by molar-refractivity contribution is 0.589. The molecule has 8 nitrogen and oxygen atoms in total. The molecule has 0 saturated heterocycles. The third-order valence-corrected chi connectivity index (χ3v) is 3.10. The van der Waals surface area contributed by atoms with E-state index in [1.807, 2.05) is 12.1 Å². The molecule has 0 aliphatic carbocycles. The van der Waals surface area contributed by atoms with Crippen molar-refractivity contribution in [1.82, 2.24) is 14.8 Å². The third kappa shape index (κ3) is 3.14. The largest absolute Gasteiger partial charge is 0.436 e. The molecule has 3 aromatic rings. The fourth-order valence-corrected chi connectivity index (χ4v) is 2.02. The molecule has 0 unspecified atom stereocenters. The number of hydrogen-bond donors (Lipinski definition) is 2. The number of nitrogens with zero attached hydrogens (tertiary/aromatic N) is 5. The molecule has 1 heterocycles. The van der Waals surface area contributed by atoms with Gasteiger partial charge in [0.15, 0.2) is 27.4 Å². The Balaban J connectivity index is 1.87. The first-order chi connectivity index (χ1) is 11.3. The third-order valence-electron chi connectivity index (χ3n) is 3.10. The van der Waals surface area contributed by atoms with Crippen LogP contribution in [0.2, 0.25) is 0 Å². The van der Waals surface area contributed by atoms with E-state index in [4.69, 9.17) is 15.5 Å². The molecule has 0 amide bonds. The highest BCUT2D eigenvalue weighted by Crippen LogP contribution is 2.28. The van der Waals surface area contributed by atoms with Crippen LogP contribution in [0.15, 0.2) is 69.4 Å². The van der Waals surface area contributed by atoms with E-state index in [1.165, 1.54) is 0 Å². The first-order valence-corrected chi connectivity index (χ1v) is 6.62. The van der Waals surface area contributed by atoms with Crippen molar-refractivity contribution in [3.05, 3.63) is 54.7 Å². The van der Waals surface area contributed by atoms with Gasteiger partial charge in [0.25, 0.3) is 0 Å². The first-order valence-electron chi connectivity index (χ1n) is 6.62. The van der Waals surface area contributed by atoms with E-state index in [0.717, 1.165) is 11.1 Å². The quantitative estimate of drug-likeness (QED) is 0.548. The Morgan fingerprint density at radius 1 is 0.783 bits per heavy atom. The molecule has 0 radical (unpaired) electrons. The fraction of sp³-hybridized carbons (Fsp3) is 0. The summed E-state index contributed by atoms with van der Waals surface area (Å²) in [5.41, 5.74) is 16.3. The van der Waals surface area contributed by atoms with E-state index >= 15 is 0 Å². The van der Waals surface area contributed by atoms with Gasteiger partial charge in [-0.25, -0.2) is 4.98 Å². The summed E-state index contributed by atoms with van der Waals surface area (Å²) in [7, 11) is 0. The van der Waals surface area contributed by atoms with Gasteiger partial charge in [-0.1, -0.05) is 0 Å². The zero-order chi connectivity index (χ0) is 16.1. The number of aromatic nitrogens is 1. The van der Waals surface area contributed by atoms with Gasteiger partial charge in [0, 0.05) is 11.1 Å². The fourth-order valence-electron chi connectivity index (χ4n) is 2.02. The summed E-state index contributed by atoms with van der Waals surface area (Å²) in [5, 5.41) is 7.26. The van der Waals surface area contributed by atoms with Crippen LogP contribution in [0.4, 0.5) is 11.4 Å². The van der Waals surface area contributed by atoms with Crippen LogP contribution in [0.5, 0.6) is 0 Å². The summed E-state index contributed by atoms with van der Waals surface area (Å²) in [6, 6.07) is 14.2. The van der Waals surface area contributed by atoms with Gasteiger partial charge < -0.3 is 4.42 Å². The highest BCUT2D eigenvalue weighted by Gasteiger charge is 2.09. The molecule has 0 saturated carbocycles. The normalized spacial score (nSPS) is 9.74. The van der Waals surface area contributed by atoms with Crippen molar-refractivity contribution in [2.75, 3.05) is 0 Å². The van der Waals surface area contributed by atoms with E-state index in [1.54, 1.807) is 42.6 Å². The second kappa shape index (κ2) is 6.36. The molecule has 110 valence electrons. The zero-order valence-corrected chi connectivity index (χ0v) is 11.8. The Kier molecular flexibility index (Phi) is 3.93. The number of rotatable bonds is 4. The molecule has 23 heavy (non-hydrogen) atoms. The van der Waals surface area contributed by atoms with Gasteiger partial charge in [-0.2, -0.15) is 0 Å². The lowest BCUT2D eigenvalue weighted by Crippen LogP contribution is -1.75. The van der Waals surface area contributed by atoms with Crippen molar-refractivity contribution in [1.29, 1.82) is 11.1 Å². The summed E-state index contributed by atoms with van der Waals surface area (Å²) in [5.74, 6) is 1.12. The summed E-state index contributed by atoms with van der Waals surface area (Å²) < 4.78 is 5.76. The minimum Gasteiger partial charge on any atom is -0.436 e. The molecule has 3 rings (SSSR count). The Morgan fingerprint density at radius 3 is 1.83 bits per heavy atom. The topological polar surface area (TPSA) is 127 Å². The summed E-state index contributed by atoms with van der Waals surface area (Å²) in [6.07, 6.45) is 1.65. The van der Waals surface area contributed by atoms with Crippen LogP contribution in [-0.4, -0.2) is 4.98 Å². The van der Waals surface area contributed by atoms with Crippen LogP contribution in [0, 0.1) is 11.1 Å². The minimum atomic E-state index is 0.490. The first kappa shape index (κ1) is 14.2. The van der Waals surface area contributed by atoms with Gasteiger partial charge >= 0.3 is 0 Å². The van der Waals surface area contributed by atoms with E-state index < -0.39 is 0 Å². The van der Waals surface area contributed by atoms with Crippen molar-refractivity contribution in [2.24, 2.45) is 10.2 Å². The van der Waals surface area contributed by atoms with E-state index in [0.29, 0.717) is 23.0 Å². The van der Waals surface area contributed by atoms with Crippen molar-refractivity contribution >= 4 is 11.4 Å². The summed E-state index contributed by atoms with van der Waals surface area (Å²) in [6.45, 7) is 0. The van der Waals surface area contributed by atoms with Crippen molar-refractivity contribution < 1.29 is 4.42 Å². The van der Waals surface area contributed by atoms with Gasteiger partial charge in [0.05, 0.1) is 6.20 Å². The smallest absolute Gasteiger partial charge is 0.226 e. The predicted octanol–water partition coefficient (Wildman–Crippen LogP) is 4.37. The lowest BCUT2D eigenvalue weighted by atomic mass is 10.2. The Morgan fingerprint density at radius 2 is 1.30 bits per heavy atom. The molecule has 0 fully saturated rings. The minimum absolute atomic E-state index is 0.490. The SMILES string of the molecule is N=[N+]=Nc1ccc(-c2cnc(-c3ccc(N=[N+]=N)cc3)o2)cc1. The van der Waals surface area contributed by atoms with Crippen LogP contribution < -0.4 is 9.82 Å². The standard InChI is InChI=1S/C15H11N7O/c16-21-19-12-5-1-10(2-6-12)14-9-18-15(23-14)11-3-7-13(8-4-11)20-22-17/h1-9,16-17H/q+2. The number of benzene rings is 2. The van der Waals surface area contributed by atoms with Gasteiger partial charge in [0.1, 0.15) is 11.1 Å². The second-order valence-electron chi connectivity index (χ2n) is 4.52. The van der Waals surface area contributed by atoms with E-state index in [-0.39, 0.29) is 0 Å². The van der Waals surface area contributed by atoms with Gasteiger partial charge in [0.2, 0.25) is 15.7 Å². The van der Waals surface area contributed by atoms with Crippen molar-refractivity contribution in [2.45, 2.75) is 0 Å². The molecular formula is C15H11N7O+2. The van der Waals surface area contributed by atoms with Crippen LogP contribution in [-0.2, 0) is 0 Å². The zero-order valence-electron chi connectivity index (χ0n) is 11.8. The lowest BCUT2D eigenvalue weighted by Gasteiger charge is -1.96. The van der Waals surface area contributed by atoms with Crippen LogP contribution in [0.1, 0.15) is 0 Å². The maximum Gasteiger partial charge on any atom is 0.226 e. The summed E-state index contributed by atoms with van der Waals surface area (Å²) in [4.78, 5) is 10.2. The predicted molar refractivity (Wildman–Crippen MR) is 81.3 cm³/mol. The van der Waals surface area contributed by atoms with Crippen molar-refractivity contribution in [3.63, 3.8) is 0 Å². The highest BCUT2D eigenvalue weighted by atomic mass is 16.4. The van der Waals surface area contributed by atoms with Crippen molar-refractivity contribution in [3.8, 4) is 22.8 Å². The molecule has 0 bridgehead atoms. The average molecular weight is 305 g/mol.